The van der Waals surface area contributed by atoms with Crippen LogP contribution in [0.3, 0.4) is 0 Å². The SMILES string of the molecule is O=C(NCc1cscn1)N1CCO[C@H](Cn2cccn2)C1. The van der Waals surface area contributed by atoms with Crippen LogP contribution >= 0.6 is 11.3 Å². The van der Waals surface area contributed by atoms with Gasteiger partial charge in [-0.25, -0.2) is 9.78 Å². The van der Waals surface area contributed by atoms with Gasteiger partial charge in [0.1, 0.15) is 0 Å². The van der Waals surface area contributed by atoms with E-state index in [0.29, 0.717) is 32.8 Å². The minimum Gasteiger partial charge on any atom is -0.373 e. The number of carbonyl (C=O) groups is 1. The van der Waals surface area contributed by atoms with Gasteiger partial charge in [-0.3, -0.25) is 4.68 Å². The second-order valence-electron chi connectivity index (χ2n) is 4.81. The Morgan fingerprint density at radius 3 is 3.29 bits per heavy atom. The molecule has 0 saturated carbocycles. The Morgan fingerprint density at radius 2 is 2.52 bits per heavy atom. The van der Waals surface area contributed by atoms with Crippen LogP contribution in [0.2, 0.25) is 0 Å². The molecule has 0 bridgehead atoms. The molecule has 0 spiro atoms. The van der Waals surface area contributed by atoms with Crippen LogP contribution in [0.4, 0.5) is 4.79 Å². The number of thiazole rings is 1. The van der Waals surface area contributed by atoms with Crippen LogP contribution in [-0.2, 0) is 17.8 Å². The van der Waals surface area contributed by atoms with Gasteiger partial charge in [0.25, 0.3) is 0 Å². The van der Waals surface area contributed by atoms with Crippen LogP contribution in [0.15, 0.2) is 29.4 Å². The van der Waals surface area contributed by atoms with Crippen molar-refractivity contribution < 1.29 is 9.53 Å². The highest BCUT2D eigenvalue weighted by molar-refractivity contribution is 7.07. The van der Waals surface area contributed by atoms with Gasteiger partial charge in [0.05, 0.1) is 43.5 Å². The molecule has 1 N–H and O–H groups in total. The largest absolute Gasteiger partial charge is 0.373 e. The average molecular weight is 307 g/mol. The summed E-state index contributed by atoms with van der Waals surface area (Å²) in [6, 6.07) is 1.80. The fourth-order valence-electron chi connectivity index (χ4n) is 2.23. The topological polar surface area (TPSA) is 72.3 Å². The van der Waals surface area contributed by atoms with Crippen LogP contribution in [0.25, 0.3) is 0 Å². The molecule has 2 amide bonds. The van der Waals surface area contributed by atoms with Crippen molar-refractivity contribution in [3.63, 3.8) is 0 Å². The molecule has 21 heavy (non-hydrogen) atoms. The number of nitrogens with one attached hydrogen (secondary N) is 1. The summed E-state index contributed by atoms with van der Waals surface area (Å²) >= 11 is 1.52. The number of ether oxygens (including phenoxy) is 1. The molecule has 1 aliphatic rings. The lowest BCUT2D eigenvalue weighted by atomic mass is 10.3. The molecule has 2 aromatic heterocycles. The van der Waals surface area contributed by atoms with Crippen molar-refractivity contribution in [3.8, 4) is 0 Å². The van der Waals surface area contributed by atoms with Gasteiger partial charge in [0.2, 0.25) is 0 Å². The molecule has 0 unspecified atom stereocenters. The van der Waals surface area contributed by atoms with Gasteiger partial charge in [-0.05, 0) is 6.07 Å². The molecule has 0 aliphatic carbocycles. The van der Waals surface area contributed by atoms with Gasteiger partial charge in [0.15, 0.2) is 0 Å². The number of amides is 2. The lowest BCUT2D eigenvalue weighted by Crippen LogP contribution is -2.50. The molecule has 0 radical (unpaired) electrons. The first-order chi connectivity index (χ1) is 10.3. The Bertz CT molecular complexity index is 557. The van der Waals surface area contributed by atoms with E-state index in [9.17, 15) is 4.79 Å². The summed E-state index contributed by atoms with van der Waals surface area (Å²) in [4.78, 5) is 18.1. The minimum absolute atomic E-state index is 0.0244. The molecule has 3 rings (SSSR count). The molecule has 3 heterocycles. The van der Waals surface area contributed by atoms with Gasteiger partial charge in [-0.15, -0.1) is 11.3 Å². The zero-order chi connectivity index (χ0) is 14.5. The van der Waals surface area contributed by atoms with Crippen molar-refractivity contribution in [1.29, 1.82) is 0 Å². The maximum atomic E-state index is 12.2. The van der Waals surface area contributed by atoms with Crippen LogP contribution in [-0.4, -0.2) is 51.5 Å². The highest BCUT2D eigenvalue weighted by Gasteiger charge is 2.24. The third kappa shape index (κ3) is 3.79. The summed E-state index contributed by atoms with van der Waals surface area (Å²) in [5.74, 6) is 0. The highest BCUT2D eigenvalue weighted by Crippen LogP contribution is 2.08. The van der Waals surface area contributed by atoms with Crippen LogP contribution in [0.1, 0.15) is 5.69 Å². The Morgan fingerprint density at radius 1 is 1.57 bits per heavy atom. The first kappa shape index (κ1) is 14.0. The third-order valence-electron chi connectivity index (χ3n) is 3.28. The van der Waals surface area contributed by atoms with E-state index in [1.165, 1.54) is 11.3 Å². The van der Waals surface area contributed by atoms with Gasteiger partial charge >= 0.3 is 6.03 Å². The van der Waals surface area contributed by atoms with E-state index >= 15 is 0 Å². The molecule has 1 atom stereocenters. The summed E-state index contributed by atoms with van der Waals surface area (Å²) in [5.41, 5.74) is 2.64. The second kappa shape index (κ2) is 6.68. The van der Waals surface area contributed by atoms with Gasteiger partial charge < -0.3 is 15.0 Å². The average Bonchev–Trinajstić information content (AvgIpc) is 3.18. The number of carbonyl (C=O) groups excluding carboxylic acids is 1. The van der Waals surface area contributed by atoms with Crippen molar-refractivity contribution in [2.45, 2.75) is 19.2 Å². The fourth-order valence-corrected chi connectivity index (χ4v) is 2.79. The maximum Gasteiger partial charge on any atom is 0.317 e. The molecular formula is C13H17N5O2S. The van der Waals surface area contributed by atoms with E-state index in [1.807, 2.05) is 22.3 Å². The summed E-state index contributed by atoms with van der Waals surface area (Å²) in [6.45, 7) is 2.85. The van der Waals surface area contributed by atoms with Crippen molar-refractivity contribution in [1.82, 2.24) is 25.0 Å². The quantitative estimate of drug-likeness (QED) is 0.913. The number of hydrogen-bond acceptors (Lipinski definition) is 5. The molecule has 0 aromatic carbocycles. The number of hydrogen-bond donors (Lipinski definition) is 1. The van der Waals surface area contributed by atoms with Crippen LogP contribution < -0.4 is 5.32 Å². The molecule has 1 fully saturated rings. The lowest BCUT2D eigenvalue weighted by molar-refractivity contribution is -0.0237. The highest BCUT2D eigenvalue weighted by atomic mass is 32.1. The van der Waals surface area contributed by atoms with Crippen LogP contribution in [0, 0.1) is 0 Å². The molecular weight excluding hydrogens is 290 g/mol. The second-order valence-corrected chi connectivity index (χ2v) is 5.52. The normalized spacial score (nSPS) is 18.7. The number of urea groups is 1. The van der Waals surface area contributed by atoms with Crippen LogP contribution in [0.5, 0.6) is 0 Å². The van der Waals surface area contributed by atoms with E-state index in [0.717, 1.165) is 5.69 Å². The molecule has 1 saturated heterocycles. The van der Waals surface area contributed by atoms with E-state index in [4.69, 9.17) is 4.74 Å². The van der Waals surface area contributed by atoms with E-state index < -0.39 is 0 Å². The molecule has 112 valence electrons. The van der Waals surface area contributed by atoms with Gasteiger partial charge in [-0.2, -0.15) is 5.10 Å². The summed E-state index contributed by atoms with van der Waals surface area (Å²) in [5, 5.41) is 8.98. The van der Waals surface area contributed by atoms with E-state index in [2.05, 4.69) is 15.4 Å². The Hall–Kier alpha value is -1.93. The van der Waals surface area contributed by atoms with Gasteiger partial charge in [-0.1, -0.05) is 0 Å². The summed E-state index contributed by atoms with van der Waals surface area (Å²) in [6.07, 6.45) is 3.61. The summed E-state index contributed by atoms with van der Waals surface area (Å²) < 4.78 is 7.51. The minimum atomic E-state index is -0.0724. The molecule has 7 nitrogen and oxygen atoms in total. The third-order valence-corrected chi connectivity index (χ3v) is 3.92. The monoisotopic (exact) mass is 307 g/mol. The van der Waals surface area contributed by atoms with Crippen molar-refractivity contribution in [2.24, 2.45) is 0 Å². The molecule has 8 heteroatoms. The Kier molecular flexibility index (Phi) is 4.46. The number of rotatable bonds is 4. The molecule has 2 aromatic rings. The molecule has 1 aliphatic heterocycles. The zero-order valence-electron chi connectivity index (χ0n) is 11.5. The van der Waals surface area contributed by atoms with E-state index in [-0.39, 0.29) is 12.1 Å². The van der Waals surface area contributed by atoms with Crippen molar-refractivity contribution in [3.05, 3.63) is 35.0 Å². The predicted octanol–water partition coefficient (Wildman–Crippen LogP) is 0.950. The van der Waals surface area contributed by atoms with Crippen molar-refractivity contribution >= 4 is 17.4 Å². The van der Waals surface area contributed by atoms with Crippen molar-refractivity contribution in [2.75, 3.05) is 19.7 Å². The summed E-state index contributed by atoms with van der Waals surface area (Å²) in [7, 11) is 0. The smallest absolute Gasteiger partial charge is 0.317 e. The Balaban J connectivity index is 1.49. The number of aromatic nitrogens is 3. The first-order valence-electron chi connectivity index (χ1n) is 6.80. The predicted molar refractivity (Wildman–Crippen MR) is 77.9 cm³/mol. The number of nitrogens with zero attached hydrogens (tertiary/aromatic N) is 4. The first-order valence-corrected chi connectivity index (χ1v) is 7.74. The Labute approximate surface area is 126 Å². The maximum absolute atomic E-state index is 12.2. The lowest BCUT2D eigenvalue weighted by Gasteiger charge is -2.32. The van der Waals surface area contributed by atoms with Gasteiger partial charge in [0, 0.05) is 24.3 Å². The number of morpholine rings is 1. The fraction of sp³-hybridized carbons (Fsp3) is 0.462. The standard InChI is InChI=1S/C13H17N5O2S/c19-13(14-6-11-9-21-10-15-11)17-4-5-20-12(7-17)8-18-3-1-2-16-18/h1-3,9-10,12H,4-8H2,(H,14,19)/t12-/m0/s1. The zero-order valence-corrected chi connectivity index (χ0v) is 12.3. The van der Waals surface area contributed by atoms with E-state index in [1.54, 1.807) is 16.6 Å².